The fourth-order valence-electron chi connectivity index (χ4n) is 1.98. The fraction of sp³-hybridized carbons (Fsp3) is 0.286. The van der Waals surface area contributed by atoms with E-state index in [2.05, 4.69) is 4.74 Å². The van der Waals surface area contributed by atoms with Crippen LogP contribution in [-0.4, -0.2) is 19.2 Å². The molecule has 0 bridgehead atoms. The van der Waals surface area contributed by atoms with Gasteiger partial charge in [0.2, 0.25) is 0 Å². The SMILES string of the molecule is COc1ccc2c(C(=O)OC(N)=O)c(C(C)C)oc2c1. The minimum Gasteiger partial charge on any atom is -0.497 e. The van der Waals surface area contributed by atoms with Gasteiger partial charge in [0, 0.05) is 17.4 Å². The maximum absolute atomic E-state index is 12.0. The number of carbonyl (C=O) groups excluding carboxylic acids is 2. The van der Waals surface area contributed by atoms with E-state index in [1.807, 2.05) is 13.8 Å². The Bertz CT molecular complexity index is 671. The number of fused-ring (bicyclic) bond motifs is 1. The van der Waals surface area contributed by atoms with Crippen LogP contribution in [0.1, 0.15) is 35.9 Å². The van der Waals surface area contributed by atoms with E-state index < -0.39 is 12.1 Å². The molecule has 0 saturated carbocycles. The van der Waals surface area contributed by atoms with Crippen LogP contribution in [0.5, 0.6) is 5.75 Å². The standard InChI is InChI=1S/C14H15NO5/c1-7(2)12-11(13(16)20-14(15)17)9-5-4-8(18-3)6-10(9)19-12/h4-7H,1-3H3,(H2,15,17). The van der Waals surface area contributed by atoms with E-state index in [0.717, 1.165) is 0 Å². The molecule has 2 aromatic rings. The highest BCUT2D eigenvalue weighted by Crippen LogP contribution is 2.33. The predicted molar refractivity (Wildman–Crippen MR) is 71.9 cm³/mol. The third-order valence-corrected chi connectivity index (χ3v) is 2.85. The van der Waals surface area contributed by atoms with Gasteiger partial charge in [-0.05, 0) is 12.1 Å². The summed E-state index contributed by atoms with van der Waals surface area (Å²) in [4.78, 5) is 22.7. The van der Waals surface area contributed by atoms with Crippen LogP contribution in [0, 0.1) is 0 Å². The van der Waals surface area contributed by atoms with Crippen molar-refractivity contribution in [3.8, 4) is 5.75 Å². The van der Waals surface area contributed by atoms with Gasteiger partial charge in [-0.15, -0.1) is 0 Å². The van der Waals surface area contributed by atoms with Crippen LogP contribution in [0.15, 0.2) is 22.6 Å². The molecule has 2 rings (SSSR count). The minimum atomic E-state index is -1.15. The van der Waals surface area contributed by atoms with Crippen LogP contribution >= 0.6 is 0 Å². The summed E-state index contributed by atoms with van der Waals surface area (Å²) in [7, 11) is 1.54. The number of rotatable bonds is 3. The Kier molecular flexibility index (Phi) is 3.65. The van der Waals surface area contributed by atoms with Crippen LogP contribution in [0.2, 0.25) is 0 Å². The Morgan fingerprint density at radius 2 is 2.00 bits per heavy atom. The zero-order valence-electron chi connectivity index (χ0n) is 11.4. The second-order valence-electron chi connectivity index (χ2n) is 4.57. The third kappa shape index (κ3) is 2.45. The molecule has 1 aromatic heterocycles. The average molecular weight is 277 g/mol. The lowest BCUT2D eigenvalue weighted by atomic mass is 10.0. The number of carbonyl (C=O) groups is 2. The largest absolute Gasteiger partial charge is 0.497 e. The Morgan fingerprint density at radius 1 is 1.30 bits per heavy atom. The molecule has 106 valence electrons. The highest BCUT2D eigenvalue weighted by molar-refractivity contribution is 6.07. The van der Waals surface area contributed by atoms with Crippen molar-refractivity contribution < 1.29 is 23.5 Å². The Balaban J connectivity index is 2.63. The summed E-state index contributed by atoms with van der Waals surface area (Å²) in [6.07, 6.45) is -1.15. The number of methoxy groups -OCH3 is 1. The van der Waals surface area contributed by atoms with Crippen molar-refractivity contribution in [1.82, 2.24) is 0 Å². The van der Waals surface area contributed by atoms with Gasteiger partial charge in [-0.3, -0.25) is 0 Å². The van der Waals surface area contributed by atoms with Crippen molar-refractivity contribution in [2.45, 2.75) is 19.8 Å². The number of hydrogen-bond acceptors (Lipinski definition) is 5. The molecule has 6 heteroatoms. The Labute approximate surface area is 115 Å². The molecule has 0 saturated heterocycles. The first-order valence-electron chi connectivity index (χ1n) is 6.06. The molecule has 0 aliphatic rings. The number of furan rings is 1. The van der Waals surface area contributed by atoms with E-state index >= 15 is 0 Å². The third-order valence-electron chi connectivity index (χ3n) is 2.85. The van der Waals surface area contributed by atoms with Gasteiger partial charge in [0.1, 0.15) is 22.7 Å². The van der Waals surface area contributed by atoms with Gasteiger partial charge in [-0.25, -0.2) is 9.59 Å². The predicted octanol–water partition coefficient (Wildman–Crippen LogP) is 2.80. The van der Waals surface area contributed by atoms with Gasteiger partial charge in [-0.2, -0.15) is 0 Å². The molecule has 0 aliphatic carbocycles. The first kappa shape index (κ1) is 13.9. The molecular weight excluding hydrogens is 262 g/mol. The van der Waals surface area contributed by atoms with Gasteiger partial charge < -0.3 is 19.6 Å². The van der Waals surface area contributed by atoms with Gasteiger partial charge in [-0.1, -0.05) is 13.8 Å². The van der Waals surface area contributed by atoms with Crippen LogP contribution < -0.4 is 10.5 Å². The number of primary amides is 1. The monoisotopic (exact) mass is 277 g/mol. The molecule has 1 aromatic carbocycles. The fourth-order valence-corrected chi connectivity index (χ4v) is 1.98. The van der Waals surface area contributed by atoms with Crippen LogP contribution in [0.3, 0.4) is 0 Å². The molecule has 6 nitrogen and oxygen atoms in total. The summed E-state index contributed by atoms with van der Waals surface area (Å²) in [6, 6.07) is 5.05. The zero-order valence-corrected chi connectivity index (χ0v) is 11.4. The molecule has 0 radical (unpaired) electrons. The van der Waals surface area contributed by atoms with Crippen LogP contribution in [0.25, 0.3) is 11.0 Å². The summed E-state index contributed by atoms with van der Waals surface area (Å²) in [6.45, 7) is 3.74. The summed E-state index contributed by atoms with van der Waals surface area (Å²) in [5, 5.41) is 0.556. The highest BCUT2D eigenvalue weighted by Gasteiger charge is 2.25. The van der Waals surface area contributed by atoms with Crippen molar-refractivity contribution >= 4 is 23.0 Å². The van der Waals surface area contributed by atoms with Crippen molar-refractivity contribution in [1.29, 1.82) is 0 Å². The van der Waals surface area contributed by atoms with Gasteiger partial charge in [0.25, 0.3) is 0 Å². The molecule has 1 heterocycles. The van der Waals surface area contributed by atoms with E-state index in [0.29, 0.717) is 22.5 Å². The lowest BCUT2D eigenvalue weighted by Gasteiger charge is -2.04. The summed E-state index contributed by atoms with van der Waals surface area (Å²) in [5.74, 6) is 0.185. The zero-order chi connectivity index (χ0) is 14.9. The average Bonchev–Trinajstić information content (AvgIpc) is 2.76. The summed E-state index contributed by atoms with van der Waals surface area (Å²) in [5.41, 5.74) is 5.59. The molecule has 0 atom stereocenters. The summed E-state index contributed by atoms with van der Waals surface area (Å²) < 4.78 is 15.2. The molecule has 0 spiro atoms. The van der Waals surface area contributed by atoms with Crippen LogP contribution in [0.4, 0.5) is 4.79 Å². The maximum Gasteiger partial charge on any atom is 0.412 e. The molecule has 0 unspecified atom stereocenters. The van der Waals surface area contributed by atoms with Gasteiger partial charge in [0.05, 0.1) is 7.11 Å². The number of hydrogen-bond donors (Lipinski definition) is 1. The smallest absolute Gasteiger partial charge is 0.412 e. The van der Waals surface area contributed by atoms with Crippen molar-refractivity contribution in [3.63, 3.8) is 0 Å². The van der Waals surface area contributed by atoms with Gasteiger partial charge >= 0.3 is 12.1 Å². The number of nitrogens with two attached hydrogens (primary N) is 1. The second-order valence-corrected chi connectivity index (χ2v) is 4.57. The molecular formula is C14H15NO5. The molecule has 20 heavy (non-hydrogen) atoms. The number of ether oxygens (including phenoxy) is 2. The summed E-state index contributed by atoms with van der Waals surface area (Å²) >= 11 is 0. The maximum atomic E-state index is 12.0. The van der Waals surface area contributed by atoms with Crippen molar-refractivity contribution in [2.75, 3.05) is 7.11 Å². The topological polar surface area (TPSA) is 91.8 Å². The van der Waals surface area contributed by atoms with Crippen molar-refractivity contribution in [3.05, 3.63) is 29.5 Å². The van der Waals surface area contributed by atoms with Crippen molar-refractivity contribution in [2.24, 2.45) is 5.73 Å². The lowest BCUT2D eigenvalue weighted by Crippen LogP contribution is -2.19. The Morgan fingerprint density at radius 3 is 2.55 bits per heavy atom. The first-order valence-corrected chi connectivity index (χ1v) is 6.06. The van der Waals surface area contributed by atoms with Crippen LogP contribution in [-0.2, 0) is 4.74 Å². The minimum absolute atomic E-state index is 0.0520. The number of amides is 1. The lowest BCUT2D eigenvalue weighted by molar-refractivity contribution is 0.0637. The molecule has 0 aliphatic heterocycles. The molecule has 2 N–H and O–H groups in total. The second kappa shape index (κ2) is 5.24. The number of esters is 1. The van der Waals surface area contributed by atoms with E-state index in [-0.39, 0.29) is 11.5 Å². The van der Waals surface area contributed by atoms with E-state index in [4.69, 9.17) is 14.9 Å². The Hall–Kier alpha value is -2.50. The molecule has 1 amide bonds. The quantitative estimate of drug-likeness (QED) is 0.688. The van der Waals surface area contributed by atoms with E-state index in [1.165, 1.54) is 7.11 Å². The van der Waals surface area contributed by atoms with E-state index in [1.54, 1.807) is 18.2 Å². The molecule has 0 fully saturated rings. The highest BCUT2D eigenvalue weighted by atomic mass is 16.6. The van der Waals surface area contributed by atoms with E-state index in [9.17, 15) is 9.59 Å². The normalized spacial score (nSPS) is 10.8. The number of benzene rings is 1. The van der Waals surface area contributed by atoms with Gasteiger partial charge in [0.15, 0.2) is 0 Å². The first-order chi connectivity index (χ1) is 9.43.